The van der Waals surface area contributed by atoms with Crippen LogP contribution in [0.2, 0.25) is 0 Å². The number of carboxylic acid groups (broad SMARTS) is 1. The Hall–Kier alpha value is -2.81. The molecule has 1 aromatic rings. The van der Waals surface area contributed by atoms with E-state index in [0.29, 0.717) is 12.8 Å². The van der Waals surface area contributed by atoms with Gasteiger partial charge in [-0.05, 0) is 18.4 Å². The molecule has 128 valence electrons. The number of carbonyl (C=O) groups is 3. The highest BCUT2D eigenvalue weighted by molar-refractivity contribution is 5.90. The number of nitrogens with one attached hydrogen (secondary N) is 2. The lowest BCUT2D eigenvalue weighted by atomic mass is 10.0. The number of amides is 2. The molecule has 2 atom stereocenters. The molecular formula is C18H22N2O4. The van der Waals surface area contributed by atoms with Crippen molar-refractivity contribution in [3.8, 4) is 12.3 Å². The summed E-state index contributed by atoms with van der Waals surface area (Å²) in [6, 6.07) is 7.32. The summed E-state index contributed by atoms with van der Waals surface area (Å²) in [5, 5.41) is 14.3. The number of hydrogen-bond acceptors (Lipinski definition) is 3. The average Bonchev–Trinajstić information content (AvgIpc) is 2.53. The molecule has 0 bridgehead atoms. The molecule has 0 aliphatic heterocycles. The molecule has 0 saturated carbocycles. The van der Waals surface area contributed by atoms with Gasteiger partial charge in [0.05, 0.1) is 0 Å². The van der Waals surface area contributed by atoms with Crippen molar-refractivity contribution in [2.45, 2.75) is 44.7 Å². The first-order valence-electron chi connectivity index (χ1n) is 7.71. The lowest BCUT2D eigenvalue weighted by Crippen LogP contribution is -2.52. The van der Waals surface area contributed by atoms with Crippen LogP contribution in [0.5, 0.6) is 0 Å². The zero-order valence-electron chi connectivity index (χ0n) is 13.6. The van der Waals surface area contributed by atoms with Gasteiger partial charge in [-0.2, -0.15) is 0 Å². The molecule has 0 spiro atoms. The topological polar surface area (TPSA) is 95.5 Å². The van der Waals surface area contributed by atoms with E-state index in [2.05, 4.69) is 16.6 Å². The molecule has 0 radical (unpaired) electrons. The van der Waals surface area contributed by atoms with Crippen molar-refractivity contribution >= 4 is 17.8 Å². The van der Waals surface area contributed by atoms with Crippen LogP contribution >= 0.6 is 0 Å². The zero-order valence-corrected chi connectivity index (χ0v) is 13.6. The monoisotopic (exact) mass is 330 g/mol. The Bertz CT molecular complexity index is 607. The third kappa shape index (κ3) is 6.97. The molecule has 0 unspecified atom stereocenters. The molecule has 2 amide bonds. The highest BCUT2D eigenvalue weighted by Crippen LogP contribution is 2.06. The van der Waals surface area contributed by atoms with Crippen LogP contribution in [-0.4, -0.2) is 35.0 Å². The third-order valence-corrected chi connectivity index (χ3v) is 3.41. The van der Waals surface area contributed by atoms with Crippen LogP contribution in [0.1, 0.15) is 31.7 Å². The number of carboxylic acids is 1. The van der Waals surface area contributed by atoms with E-state index in [9.17, 15) is 19.5 Å². The van der Waals surface area contributed by atoms with Gasteiger partial charge in [0, 0.05) is 19.8 Å². The minimum atomic E-state index is -1.12. The maximum absolute atomic E-state index is 12.4. The van der Waals surface area contributed by atoms with E-state index in [0.717, 1.165) is 5.56 Å². The minimum absolute atomic E-state index is 0.239. The molecule has 0 aromatic heterocycles. The van der Waals surface area contributed by atoms with Crippen molar-refractivity contribution in [3.05, 3.63) is 35.9 Å². The largest absolute Gasteiger partial charge is 0.480 e. The molecule has 24 heavy (non-hydrogen) atoms. The predicted molar refractivity (Wildman–Crippen MR) is 90.0 cm³/mol. The van der Waals surface area contributed by atoms with Gasteiger partial charge in [0.15, 0.2) is 0 Å². The Morgan fingerprint density at radius 1 is 1.17 bits per heavy atom. The summed E-state index contributed by atoms with van der Waals surface area (Å²) in [6.07, 6.45) is 6.61. The standard InChI is InChI=1S/C18H22N2O4/c1-3-4-6-11-15(18(23)24)20-17(22)16(19-13(2)21)12-14-9-7-5-8-10-14/h1,5,7-10,15-16H,4,6,11-12H2,2H3,(H,19,21)(H,20,22)(H,23,24)/t15-,16+/m0/s1. The van der Waals surface area contributed by atoms with E-state index in [-0.39, 0.29) is 18.7 Å². The first-order valence-corrected chi connectivity index (χ1v) is 7.71. The Morgan fingerprint density at radius 3 is 2.38 bits per heavy atom. The number of rotatable bonds is 9. The quantitative estimate of drug-likeness (QED) is 0.467. The van der Waals surface area contributed by atoms with Crippen LogP contribution in [0.15, 0.2) is 30.3 Å². The number of aliphatic carboxylic acids is 1. The minimum Gasteiger partial charge on any atom is -0.480 e. The van der Waals surface area contributed by atoms with Gasteiger partial charge in [-0.25, -0.2) is 4.79 Å². The second kappa shape index (κ2) is 10.1. The summed E-state index contributed by atoms with van der Waals surface area (Å²) in [5.74, 6) is 0.429. The molecule has 6 nitrogen and oxygen atoms in total. The first kappa shape index (κ1) is 19.2. The molecule has 6 heteroatoms. The normalized spacial score (nSPS) is 12.5. The zero-order chi connectivity index (χ0) is 17.9. The summed E-state index contributed by atoms with van der Waals surface area (Å²) in [4.78, 5) is 35.0. The van der Waals surface area contributed by atoms with Gasteiger partial charge in [-0.1, -0.05) is 30.3 Å². The lowest BCUT2D eigenvalue weighted by Gasteiger charge is -2.21. The van der Waals surface area contributed by atoms with Crippen LogP contribution < -0.4 is 10.6 Å². The van der Waals surface area contributed by atoms with Gasteiger partial charge in [0.25, 0.3) is 0 Å². The van der Waals surface area contributed by atoms with E-state index in [1.807, 2.05) is 30.3 Å². The van der Waals surface area contributed by atoms with Crippen molar-refractivity contribution in [1.29, 1.82) is 0 Å². The fourth-order valence-electron chi connectivity index (χ4n) is 2.24. The van der Waals surface area contributed by atoms with Gasteiger partial charge in [0.2, 0.25) is 11.8 Å². The number of carbonyl (C=O) groups excluding carboxylic acids is 2. The SMILES string of the molecule is C#CCCC[C@H](NC(=O)[C@@H](Cc1ccccc1)NC(C)=O)C(=O)O. The van der Waals surface area contributed by atoms with E-state index >= 15 is 0 Å². The Morgan fingerprint density at radius 2 is 1.83 bits per heavy atom. The van der Waals surface area contributed by atoms with Crippen molar-refractivity contribution in [3.63, 3.8) is 0 Å². The molecule has 0 aliphatic rings. The Kier molecular flexibility index (Phi) is 8.06. The summed E-state index contributed by atoms with van der Waals surface area (Å²) < 4.78 is 0. The van der Waals surface area contributed by atoms with E-state index < -0.39 is 24.0 Å². The first-order chi connectivity index (χ1) is 11.4. The van der Waals surface area contributed by atoms with Crippen LogP contribution in [0.4, 0.5) is 0 Å². The smallest absolute Gasteiger partial charge is 0.326 e. The highest BCUT2D eigenvalue weighted by Gasteiger charge is 2.25. The van der Waals surface area contributed by atoms with Gasteiger partial charge >= 0.3 is 5.97 Å². The third-order valence-electron chi connectivity index (χ3n) is 3.41. The fourth-order valence-corrected chi connectivity index (χ4v) is 2.24. The second-order valence-corrected chi connectivity index (χ2v) is 5.44. The molecule has 0 aliphatic carbocycles. The Balaban J connectivity index is 2.76. The lowest BCUT2D eigenvalue weighted by molar-refractivity contribution is -0.142. The Labute approximate surface area is 141 Å². The van der Waals surface area contributed by atoms with Crippen LogP contribution in [-0.2, 0) is 20.8 Å². The average molecular weight is 330 g/mol. The second-order valence-electron chi connectivity index (χ2n) is 5.44. The van der Waals surface area contributed by atoms with Gasteiger partial charge in [0.1, 0.15) is 12.1 Å². The van der Waals surface area contributed by atoms with E-state index in [1.54, 1.807) is 0 Å². The maximum Gasteiger partial charge on any atom is 0.326 e. The maximum atomic E-state index is 12.4. The fraction of sp³-hybridized carbons (Fsp3) is 0.389. The molecule has 0 saturated heterocycles. The van der Waals surface area contributed by atoms with Crippen molar-refractivity contribution in [1.82, 2.24) is 10.6 Å². The van der Waals surface area contributed by atoms with E-state index in [4.69, 9.17) is 6.42 Å². The summed E-state index contributed by atoms with van der Waals surface area (Å²) in [6.45, 7) is 1.31. The molecular weight excluding hydrogens is 308 g/mol. The van der Waals surface area contributed by atoms with Crippen molar-refractivity contribution < 1.29 is 19.5 Å². The molecule has 1 aromatic carbocycles. The molecule has 1 rings (SSSR count). The number of unbranched alkanes of at least 4 members (excludes halogenated alkanes) is 1. The molecule has 3 N–H and O–H groups in total. The van der Waals surface area contributed by atoms with Gasteiger partial charge < -0.3 is 15.7 Å². The molecule has 0 fully saturated rings. The van der Waals surface area contributed by atoms with Crippen LogP contribution in [0.3, 0.4) is 0 Å². The van der Waals surface area contributed by atoms with Crippen molar-refractivity contribution in [2.24, 2.45) is 0 Å². The summed E-state index contributed by atoms with van der Waals surface area (Å²) >= 11 is 0. The van der Waals surface area contributed by atoms with Gasteiger partial charge in [-0.3, -0.25) is 9.59 Å². The van der Waals surface area contributed by atoms with Crippen molar-refractivity contribution in [2.75, 3.05) is 0 Å². The predicted octanol–water partition coefficient (Wildman–Crippen LogP) is 1.11. The van der Waals surface area contributed by atoms with E-state index in [1.165, 1.54) is 6.92 Å². The number of terminal acetylenes is 1. The molecule has 0 heterocycles. The highest BCUT2D eigenvalue weighted by atomic mass is 16.4. The summed E-state index contributed by atoms with van der Waals surface area (Å²) in [5.41, 5.74) is 0.866. The van der Waals surface area contributed by atoms with Crippen LogP contribution in [0.25, 0.3) is 0 Å². The van der Waals surface area contributed by atoms with Crippen LogP contribution in [0, 0.1) is 12.3 Å². The summed E-state index contributed by atoms with van der Waals surface area (Å²) in [7, 11) is 0. The number of benzene rings is 1. The van der Waals surface area contributed by atoms with Gasteiger partial charge in [-0.15, -0.1) is 12.3 Å². The number of hydrogen-bond donors (Lipinski definition) is 3.